The Kier molecular flexibility index (Phi) is 3.91. The van der Waals surface area contributed by atoms with Gasteiger partial charge in [-0.25, -0.2) is 9.37 Å². The average Bonchev–Trinajstić information content (AvgIpc) is 3.25. The number of carbonyl (C=O) groups is 1. The molecule has 1 aliphatic carbocycles. The van der Waals surface area contributed by atoms with Gasteiger partial charge in [-0.3, -0.25) is 4.79 Å². The number of rotatable bonds is 3. The number of hydrogen-bond acceptors (Lipinski definition) is 4. The van der Waals surface area contributed by atoms with Crippen molar-refractivity contribution in [3.63, 3.8) is 0 Å². The molecule has 3 N–H and O–H groups in total. The van der Waals surface area contributed by atoms with E-state index in [-0.39, 0.29) is 16.7 Å². The lowest BCUT2D eigenvalue weighted by Gasteiger charge is -2.16. The fraction of sp³-hybridized carbons (Fsp3) is 0.429. The third kappa shape index (κ3) is 2.58. The van der Waals surface area contributed by atoms with Crippen molar-refractivity contribution in [3.05, 3.63) is 41.3 Å². The molecule has 6 heteroatoms. The van der Waals surface area contributed by atoms with E-state index >= 15 is 4.39 Å². The number of nitrogens with one attached hydrogen (secondary N) is 1. The van der Waals surface area contributed by atoms with E-state index in [4.69, 9.17) is 5.73 Å². The standard InChI is InChI=1S/C21H25FN4O/c1-11(2)15-8-21(15)10-25-19-14(21)7-12(9-24-19)13-5-6-16(23)17(18(13)22)20(27)26(3)4/h5-7,9,11,15H,8,10,23H2,1-4H3,(H,24,25)/t15-,21+/m0/s1. The van der Waals surface area contributed by atoms with Gasteiger partial charge in [-0.15, -0.1) is 0 Å². The molecular formula is C21H25FN4O. The zero-order valence-electron chi connectivity index (χ0n) is 16.1. The van der Waals surface area contributed by atoms with E-state index in [0.29, 0.717) is 23.0 Å². The van der Waals surface area contributed by atoms with Gasteiger partial charge in [0, 0.05) is 54.6 Å². The van der Waals surface area contributed by atoms with Gasteiger partial charge in [-0.2, -0.15) is 0 Å². The van der Waals surface area contributed by atoms with Crippen molar-refractivity contribution in [2.24, 2.45) is 11.8 Å². The van der Waals surface area contributed by atoms with Crippen molar-refractivity contribution in [1.82, 2.24) is 9.88 Å². The molecule has 1 aromatic heterocycles. The van der Waals surface area contributed by atoms with E-state index < -0.39 is 11.7 Å². The summed E-state index contributed by atoms with van der Waals surface area (Å²) in [6.45, 7) is 5.37. The van der Waals surface area contributed by atoms with E-state index in [9.17, 15) is 4.79 Å². The van der Waals surface area contributed by atoms with Crippen molar-refractivity contribution in [1.29, 1.82) is 0 Å². The minimum atomic E-state index is -0.591. The number of halogens is 1. The lowest BCUT2D eigenvalue weighted by Crippen LogP contribution is -2.24. The summed E-state index contributed by atoms with van der Waals surface area (Å²) in [7, 11) is 3.17. The van der Waals surface area contributed by atoms with Gasteiger partial charge in [0.15, 0.2) is 0 Å². The number of nitrogens with zero attached hydrogens (tertiary/aromatic N) is 2. The largest absolute Gasteiger partial charge is 0.398 e. The normalized spacial score (nSPS) is 22.7. The van der Waals surface area contributed by atoms with Crippen molar-refractivity contribution in [2.45, 2.75) is 25.7 Å². The second kappa shape index (κ2) is 5.94. The topological polar surface area (TPSA) is 71.2 Å². The van der Waals surface area contributed by atoms with Crippen LogP contribution in [0.1, 0.15) is 36.2 Å². The van der Waals surface area contributed by atoms with Crippen molar-refractivity contribution < 1.29 is 9.18 Å². The molecule has 1 spiro atoms. The first-order valence-corrected chi connectivity index (χ1v) is 9.30. The summed E-state index contributed by atoms with van der Waals surface area (Å²) in [6, 6.07) is 5.25. The van der Waals surface area contributed by atoms with Crippen LogP contribution < -0.4 is 11.1 Å². The highest BCUT2D eigenvalue weighted by Gasteiger charge is 2.59. The molecule has 2 aliphatic rings. The first kappa shape index (κ1) is 17.8. The number of fused-ring (bicyclic) bond motifs is 2. The summed E-state index contributed by atoms with van der Waals surface area (Å²) in [6.07, 6.45) is 2.79. The number of hydrogen-bond donors (Lipinski definition) is 2. The zero-order chi connectivity index (χ0) is 19.5. The molecule has 0 radical (unpaired) electrons. The number of benzene rings is 1. The molecule has 1 amide bonds. The van der Waals surface area contributed by atoms with Gasteiger partial charge in [-0.05, 0) is 36.5 Å². The van der Waals surface area contributed by atoms with Gasteiger partial charge in [0.05, 0.1) is 5.56 Å². The van der Waals surface area contributed by atoms with Crippen LogP contribution in [0.25, 0.3) is 11.1 Å². The maximum atomic E-state index is 15.2. The van der Waals surface area contributed by atoms with E-state index in [0.717, 1.165) is 24.3 Å². The third-order valence-corrected chi connectivity index (χ3v) is 6.04. The minimum absolute atomic E-state index is 0.0858. The van der Waals surface area contributed by atoms with Crippen molar-refractivity contribution >= 4 is 17.4 Å². The van der Waals surface area contributed by atoms with Crippen LogP contribution in [-0.2, 0) is 5.41 Å². The zero-order valence-corrected chi connectivity index (χ0v) is 16.1. The summed E-state index contributed by atoms with van der Waals surface area (Å²) >= 11 is 0. The molecule has 2 atom stereocenters. The number of amides is 1. The van der Waals surface area contributed by atoms with Crippen molar-refractivity contribution in [3.8, 4) is 11.1 Å². The molecule has 142 valence electrons. The van der Waals surface area contributed by atoms with Gasteiger partial charge < -0.3 is 16.0 Å². The lowest BCUT2D eigenvalue weighted by molar-refractivity contribution is 0.0824. The van der Waals surface area contributed by atoms with Crippen LogP contribution in [0.2, 0.25) is 0 Å². The smallest absolute Gasteiger partial charge is 0.258 e. The Bertz CT molecular complexity index is 940. The van der Waals surface area contributed by atoms with Gasteiger partial charge in [0.2, 0.25) is 0 Å². The lowest BCUT2D eigenvalue weighted by atomic mass is 9.90. The average molecular weight is 368 g/mol. The molecule has 2 aromatic rings. The maximum Gasteiger partial charge on any atom is 0.258 e. The molecule has 5 nitrogen and oxygen atoms in total. The number of anilines is 2. The highest BCUT2D eigenvalue weighted by atomic mass is 19.1. The molecule has 27 heavy (non-hydrogen) atoms. The summed E-state index contributed by atoms with van der Waals surface area (Å²) in [4.78, 5) is 18.2. The Morgan fingerprint density at radius 3 is 2.78 bits per heavy atom. The predicted octanol–water partition coefficient (Wildman–Crippen LogP) is 3.51. The van der Waals surface area contributed by atoms with Crippen LogP contribution in [0.15, 0.2) is 24.4 Å². The fourth-order valence-corrected chi connectivity index (χ4v) is 4.44. The Labute approximate surface area is 158 Å². The number of nitrogen functional groups attached to an aromatic ring is 1. The molecule has 0 bridgehead atoms. The fourth-order valence-electron chi connectivity index (χ4n) is 4.44. The molecule has 1 fully saturated rings. The molecule has 0 unspecified atom stereocenters. The highest BCUT2D eigenvalue weighted by molar-refractivity contribution is 6.00. The molecule has 1 saturated carbocycles. The molecule has 0 saturated heterocycles. The van der Waals surface area contributed by atoms with E-state index in [1.165, 1.54) is 4.90 Å². The molecule has 1 aliphatic heterocycles. The molecule has 4 rings (SSSR count). The Balaban J connectivity index is 1.80. The van der Waals surface area contributed by atoms with Crippen LogP contribution in [0.4, 0.5) is 15.9 Å². The summed E-state index contributed by atoms with van der Waals surface area (Å²) in [5, 5.41) is 3.40. The van der Waals surface area contributed by atoms with E-state index in [2.05, 4.69) is 24.1 Å². The first-order chi connectivity index (χ1) is 12.8. The van der Waals surface area contributed by atoms with Crippen LogP contribution >= 0.6 is 0 Å². The molecule has 2 heterocycles. The summed E-state index contributed by atoms with van der Waals surface area (Å²) < 4.78 is 15.2. The first-order valence-electron chi connectivity index (χ1n) is 9.30. The highest BCUT2D eigenvalue weighted by Crippen LogP contribution is 2.62. The van der Waals surface area contributed by atoms with Crippen LogP contribution in [0, 0.1) is 17.7 Å². The third-order valence-electron chi connectivity index (χ3n) is 6.04. The van der Waals surface area contributed by atoms with Crippen LogP contribution in [0.3, 0.4) is 0 Å². The summed E-state index contributed by atoms with van der Waals surface area (Å²) in [5.74, 6) is 1.07. The van der Waals surface area contributed by atoms with Gasteiger partial charge in [-0.1, -0.05) is 13.8 Å². The number of pyridine rings is 1. The predicted molar refractivity (Wildman–Crippen MR) is 105 cm³/mol. The van der Waals surface area contributed by atoms with E-state index in [1.54, 1.807) is 32.4 Å². The maximum absolute atomic E-state index is 15.2. The quantitative estimate of drug-likeness (QED) is 0.814. The second-order valence-corrected chi connectivity index (χ2v) is 8.28. The number of carbonyl (C=O) groups excluding carboxylic acids is 1. The number of nitrogens with two attached hydrogens (primary N) is 1. The Hall–Kier alpha value is -2.63. The Morgan fingerprint density at radius 1 is 1.41 bits per heavy atom. The second-order valence-electron chi connectivity index (χ2n) is 8.28. The molecule has 1 aromatic carbocycles. The van der Waals surface area contributed by atoms with Gasteiger partial charge in [0.1, 0.15) is 11.6 Å². The van der Waals surface area contributed by atoms with Crippen molar-refractivity contribution in [2.75, 3.05) is 31.7 Å². The van der Waals surface area contributed by atoms with E-state index in [1.807, 2.05) is 6.07 Å². The monoisotopic (exact) mass is 368 g/mol. The van der Waals surface area contributed by atoms with Crippen LogP contribution in [-0.4, -0.2) is 36.4 Å². The van der Waals surface area contributed by atoms with Crippen LogP contribution in [0.5, 0.6) is 0 Å². The van der Waals surface area contributed by atoms with Gasteiger partial charge in [0.25, 0.3) is 5.91 Å². The SMILES string of the molecule is CC(C)[C@@H]1C[C@]12CNc1ncc(-c3ccc(N)c(C(=O)N(C)C)c3F)cc12. The molecular weight excluding hydrogens is 343 g/mol. The minimum Gasteiger partial charge on any atom is -0.398 e. The summed E-state index contributed by atoms with van der Waals surface area (Å²) in [5.41, 5.74) is 8.25. The van der Waals surface area contributed by atoms with Gasteiger partial charge >= 0.3 is 0 Å². The Morgan fingerprint density at radius 2 is 2.15 bits per heavy atom. The number of aromatic nitrogens is 1.